The molecule has 19 heavy (non-hydrogen) atoms. The molecule has 1 aliphatic rings. The number of anilines is 2. The summed E-state index contributed by atoms with van der Waals surface area (Å²) in [6.45, 7) is 5.71. The van der Waals surface area contributed by atoms with Crippen LogP contribution in [0.15, 0.2) is 18.2 Å². The zero-order valence-electron chi connectivity index (χ0n) is 12.0. The van der Waals surface area contributed by atoms with Crippen molar-refractivity contribution in [3.63, 3.8) is 0 Å². The number of hydrogen-bond acceptors (Lipinski definition) is 4. The quantitative estimate of drug-likeness (QED) is 0.802. The van der Waals surface area contributed by atoms with Crippen LogP contribution < -0.4 is 15.8 Å². The van der Waals surface area contributed by atoms with Crippen LogP contribution in [0.2, 0.25) is 0 Å². The molecule has 0 aromatic heterocycles. The zero-order valence-corrected chi connectivity index (χ0v) is 12.0. The molecule has 1 saturated heterocycles. The molecule has 1 atom stereocenters. The van der Waals surface area contributed by atoms with Gasteiger partial charge in [-0.1, -0.05) is 12.5 Å². The van der Waals surface area contributed by atoms with Crippen molar-refractivity contribution in [1.82, 2.24) is 4.90 Å². The normalized spacial score (nSPS) is 18.0. The number of methoxy groups -OCH3 is 1. The number of nitrogens with zero attached hydrogens (tertiary/aromatic N) is 1. The lowest BCUT2D eigenvalue weighted by molar-refractivity contribution is 0.223. The van der Waals surface area contributed by atoms with Gasteiger partial charge in [0.2, 0.25) is 0 Å². The molecule has 1 heterocycles. The van der Waals surface area contributed by atoms with Gasteiger partial charge in [-0.15, -0.1) is 0 Å². The van der Waals surface area contributed by atoms with Crippen LogP contribution in [0.5, 0.6) is 5.75 Å². The summed E-state index contributed by atoms with van der Waals surface area (Å²) < 4.78 is 5.24. The fourth-order valence-corrected chi connectivity index (χ4v) is 2.69. The van der Waals surface area contributed by atoms with E-state index in [1.165, 1.54) is 32.4 Å². The predicted molar refractivity (Wildman–Crippen MR) is 80.8 cm³/mol. The molecule has 4 heteroatoms. The van der Waals surface area contributed by atoms with Crippen molar-refractivity contribution < 1.29 is 4.74 Å². The first kappa shape index (κ1) is 14.0. The average molecular weight is 263 g/mol. The number of nitrogens with two attached hydrogens (primary N) is 1. The Morgan fingerprint density at radius 2 is 2.05 bits per heavy atom. The lowest BCUT2D eigenvalue weighted by atomic mass is 10.1. The summed E-state index contributed by atoms with van der Waals surface area (Å²) in [6, 6.07) is 6.23. The summed E-state index contributed by atoms with van der Waals surface area (Å²) in [7, 11) is 1.65. The Morgan fingerprint density at radius 3 is 2.74 bits per heavy atom. The van der Waals surface area contributed by atoms with Crippen molar-refractivity contribution >= 4 is 11.4 Å². The summed E-state index contributed by atoms with van der Waals surface area (Å²) >= 11 is 0. The molecule has 3 N–H and O–H groups in total. The maximum Gasteiger partial charge on any atom is 0.143 e. The Balaban J connectivity index is 1.92. The molecular weight excluding hydrogens is 238 g/mol. The molecule has 0 spiro atoms. The second-order valence-corrected chi connectivity index (χ2v) is 5.33. The van der Waals surface area contributed by atoms with Crippen LogP contribution in [-0.2, 0) is 0 Å². The van der Waals surface area contributed by atoms with Gasteiger partial charge in [-0.25, -0.2) is 0 Å². The molecule has 0 bridgehead atoms. The minimum absolute atomic E-state index is 0.382. The number of ether oxygens (including phenoxy) is 1. The van der Waals surface area contributed by atoms with Gasteiger partial charge >= 0.3 is 0 Å². The van der Waals surface area contributed by atoms with Crippen molar-refractivity contribution in [2.24, 2.45) is 0 Å². The highest BCUT2D eigenvalue weighted by Gasteiger charge is 2.14. The van der Waals surface area contributed by atoms with Gasteiger partial charge in [0.05, 0.1) is 18.5 Å². The summed E-state index contributed by atoms with van der Waals surface area (Å²) in [5.74, 6) is 0.732. The number of rotatable bonds is 5. The van der Waals surface area contributed by atoms with Crippen LogP contribution >= 0.6 is 0 Å². The van der Waals surface area contributed by atoms with E-state index in [1.54, 1.807) is 7.11 Å². The summed E-state index contributed by atoms with van der Waals surface area (Å²) in [6.07, 6.45) is 4.03. The van der Waals surface area contributed by atoms with Crippen molar-refractivity contribution in [1.29, 1.82) is 0 Å². The number of nitrogens with one attached hydrogen (secondary N) is 1. The van der Waals surface area contributed by atoms with Gasteiger partial charge < -0.3 is 20.7 Å². The lowest BCUT2D eigenvalue weighted by Crippen LogP contribution is -2.38. The third kappa shape index (κ3) is 3.77. The zero-order chi connectivity index (χ0) is 13.7. The molecule has 1 aromatic carbocycles. The maximum atomic E-state index is 6.07. The minimum Gasteiger partial charge on any atom is -0.495 e. The molecule has 0 aliphatic carbocycles. The molecule has 4 nitrogen and oxygen atoms in total. The van der Waals surface area contributed by atoms with Crippen molar-refractivity contribution in [3.05, 3.63) is 18.2 Å². The second kappa shape index (κ2) is 6.66. The van der Waals surface area contributed by atoms with Crippen LogP contribution in [0.3, 0.4) is 0 Å². The van der Waals surface area contributed by atoms with Crippen molar-refractivity contribution in [3.8, 4) is 5.75 Å². The van der Waals surface area contributed by atoms with Crippen LogP contribution in [0.25, 0.3) is 0 Å². The Labute approximate surface area is 115 Å². The van der Waals surface area contributed by atoms with Crippen molar-refractivity contribution in [2.45, 2.75) is 32.2 Å². The Hall–Kier alpha value is -1.42. The van der Waals surface area contributed by atoms with E-state index < -0.39 is 0 Å². The molecular formula is C15H25N3O. The second-order valence-electron chi connectivity index (χ2n) is 5.33. The Kier molecular flexibility index (Phi) is 4.91. The van der Waals surface area contributed by atoms with Gasteiger partial charge in [0.25, 0.3) is 0 Å². The van der Waals surface area contributed by atoms with Gasteiger partial charge in [0.15, 0.2) is 0 Å². The monoisotopic (exact) mass is 263 g/mol. The first-order valence-electron chi connectivity index (χ1n) is 7.12. The van der Waals surface area contributed by atoms with E-state index in [1.807, 2.05) is 18.2 Å². The number of hydrogen-bond donors (Lipinski definition) is 2. The summed E-state index contributed by atoms with van der Waals surface area (Å²) in [5.41, 5.74) is 7.73. The predicted octanol–water partition coefficient (Wildman–Crippen LogP) is 2.56. The van der Waals surface area contributed by atoms with Gasteiger partial charge in [0, 0.05) is 12.6 Å². The SMILES string of the molecule is COc1cccc(NC(C)CN2CCCCC2)c1N. The fraction of sp³-hybridized carbons (Fsp3) is 0.600. The van der Waals surface area contributed by atoms with Gasteiger partial charge in [-0.05, 0) is 45.0 Å². The number of piperidine rings is 1. The highest BCUT2D eigenvalue weighted by atomic mass is 16.5. The molecule has 106 valence electrons. The average Bonchev–Trinajstić information content (AvgIpc) is 2.42. The van der Waals surface area contributed by atoms with Crippen molar-refractivity contribution in [2.75, 3.05) is 37.8 Å². The number of nitrogen functional groups attached to an aromatic ring is 1. The third-order valence-corrected chi connectivity index (χ3v) is 3.67. The van der Waals surface area contributed by atoms with E-state index >= 15 is 0 Å². The van der Waals surface area contributed by atoms with Crippen LogP contribution in [-0.4, -0.2) is 37.7 Å². The highest BCUT2D eigenvalue weighted by Crippen LogP contribution is 2.29. The smallest absolute Gasteiger partial charge is 0.143 e. The highest BCUT2D eigenvalue weighted by molar-refractivity contribution is 5.73. The van der Waals surface area contributed by atoms with Gasteiger partial charge in [-0.2, -0.15) is 0 Å². The molecule has 0 radical (unpaired) electrons. The topological polar surface area (TPSA) is 50.5 Å². The molecule has 0 saturated carbocycles. The molecule has 0 amide bonds. The third-order valence-electron chi connectivity index (χ3n) is 3.67. The molecule has 1 aromatic rings. The van der Waals surface area contributed by atoms with Crippen LogP contribution in [0, 0.1) is 0 Å². The first-order chi connectivity index (χ1) is 9.20. The summed E-state index contributed by atoms with van der Waals surface area (Å²) in [4.78, 5) is 2.53. The van der Waals surface area contributed by atoms with E-state index in [-0.39, 0.29) is 0 Å². The van der Waals surface area contributed by atoms with E-state index in [4.69, 9.17) is 10.5 Å². The first-order valence-corrected chi connectivity index (χ1v) is 7.12. The van der Waals surface area contributed by atoms with Crippen LogP contribution in [0.4, 0.5) is 11.4 Å². The van der Waals surface area contributed by atoms with Crippen LogP contribution in [0.1, 0.15) is 26.2 Å². The fourth-order valence-electron chi connectivity index (χ4n) is 2.69. The Morgan fingerprint density at radius 1 is 1.32 bits per heavy atom. The van der Waals surface area contributed by atoms with E-state index in [2.05, 4.69) is 17.1 Å². The maximum absolute atomic E-state index is 6.07. The van der Waals surface area contributed by atoms with Gasteiger partial charge in [-0.3, -0.25) is 0 Å². The Bertz CT molecular complexity index is 402. The standard InChI is InChI=1S/C15H25N3O/c1-12(11-18-9-4-3-5-10-18)17-13-7-6-8-14(19-2)15(13)16/h6-8,12,17H,3-5,9-11,16H2,1-2H3. The van der Waals surface area contributed by atoms with E-state index in [0.29, 0.717) is 11.7 Å². The number of benzene rings is 1. The number of para-hydroxylation sites is 1. The summed E-state index contributed by atoms with van der Waals surface area (Å²) in [5, 5.41) is 3.49. The number of likely N-dealkylation sites (tertiary alicyclic amines) is 1. The molecule has 1 unspecified atom stereocenters. The van der Waals surface area contributed by atoms with E-state index in [9.17, 15) is 0 Å². The molecule has 2 rings (SSSR count). The minimum atomic E-state index is 0.382. The van der Waals surface area contributed by atoms with E-state index in [0.717, 1.165) is 18.0 Å². The van der Waals surface area contributed by atoms with Gasteiger partial charge in [0.1, 0.15) is 5.75 Å². The largest absolute Gasteiger partial charge is 0.495 e. The lowest BCUT2D eigenvalue weighted by Gasteiger charge is -2.30. The molecule has 1 fully saturated rings. The molecule has 1 aliphatic heterocycles.